The van der Waals surface area contributed by atoms with Crippen LogP contribution in [0.4, 0.5) is 0 Å². The quantitative estimate of drug-likeness (QED) is 0.120. The first-order valence-corrected chi connectivity index (χ1v) is 15.8. The van der Waals surface area contributed by atoms with Gasteiger partial charge < -0.3 is 33.7 Å². The van der Waals surface area contributed by atoms with Crippen LogP contribution in [0.15, 0.2) is 121 Å². The molecule has 12 heteroatoms. The molecule has 1 fully saturated rings. The molecule has 4 aromatic carbocycles. The molecule has 11 nitrogen and oxygen atoms in total. The monoisotopic (exact) mass is 683 g/mol. The number of nitrogens with one attached hydrogen (secondary N) is 1. The van der Waals surface area contributed by atoms with E-state index in [2.05, 4.69) is 5.32 Å². The first kappa shape index (κ1) is 34.7. The van der Waals surface area contributed by atoms with Gasteiger partial charge in [0.25, 0.3) is 5.17 Å². The molecule has 252 valence electrons. The van der Waals surface area contributed by atoms with Crippen molar-refractivity contribution in [2.24, 2.45) is 0 Å². The van der Waals surface area contributed by atoms with Crippen molar-refractivity contribution in [3.8, 4) is 0 Å². The fourth-order valence-corrected chi connectivity index (χ4v) is 5.21. The first-order chi connectivity index (χ1) is 23.8. The fraction of sp³-hybridized carbons (Fsp3) is 0.216. The summed E-state index contributed by atoms with van der Waals surface area (Å²) in [4.78, 5) is 53.3. The van der Waals surface area contributed by atoms with Gasteiger partial charge in [-0.2, -0.15) is 0 Å². The maximum absolute atomic E-state index is 13.5. The zero-order valence-electron chi connectivity index (χ0n) is 26.3. The highest BCUT2D eigenvalue weighted by Gasteiger charge is 2.54. The molecule has 0 unspecified atom stereocenters. The summed E-state index contributed by atoms with van der Waals surface area (Å²) in [5, 5.41) is 2.77. The molecule has 0 saturated carbocycles. The first-order valence-electron chi connectivity index (χ1n) is 15.4. The van der Waals surface area contributed by atoms with Gasteiger partial charge in [0.1, 0.15) is 12.7 Å². The van der Waals surface area contributed by atoms with Gasteiger partial charge in [-0.15, -0.1) is 0 Å². The van der Waals surface area contributed by atoms with Gasteiger partial charge in [-0.05, 0) is 67.7 Å². The lowest BCUT2D eigenvalue weighted by atomic mass is 10.0. The maximum Gasteiger partial charge on any atom is 0.338 e. The van der Waals surface area contributed by atoms with Crippen molar-refractivity contribution >= 4 is 41.3 Å². The Labute approximate surface area is 288 Å². The SMILES string of the molecule is CCOC(=S)N[C@@H]1O[C@@H]([C@@H](COC(=O)c2ccccc2)OC(=O)c2ccccc2)[C@H](OC(=O)c2ccccc2)[C@H]1OC(=O)c1ccccc1. The third kappa shape index (κ3) is 9.28. The molecule has 1 saturated heterocycles. The number of hydrogen-bond acceptors (Lipinski definition) is 11. The molecule has 0 amide bonds. The zero-order chi connectivity index (χ0) is 34.6. The van der Waals surface area contributed by atoms with E-state index in [1.54, 1.807) is 128 Å². The predicted octanol–water partition coefficient (Wildman–Crippen LogP) is 5.16. The summed E-state index contributed by atoms with van der Waals surface area (Å²) in [5.74, 6) is -2.99. The average molecular weight is 684 g/mol. The van der Waals surface area contributed by atoms with Gasteiger partial charge in [0.05, 0.1) is 28.9 Å². The molecule has 1 aliphatic rings. The van der Waals surface area contributed by atoms with Crippen LogP contribution in [-0.4, -0.2) is 72.9 Å². The number of carbonyl (C=O) groups excluding carboxylic acids is 4. The number of thiocarbonyl (C=S) groups is 1. The molecular formula is C37H33NO10S. The molecule has 0 spiro atoms. The van der Waals surface area contributed by atoms with Crippen molar-refractivity contribution in [3.05, 3.63) is 144 Å². The Morgan fingerprint density at radius 1 is 0.633 bits per heavy atom. The highest BCUT2D eigenvalue weighted by atomic mass is 32.1. The number of carbonyl (C=O) groups is 4. The highest BCUT2D eigenvalue weighted by Crippen LogP contribution is 2.31. The molecule has 0 aromatic heterocycles. The second-order valence-electron chi connectivity index (χ2n) is 10.6. The lowest BCUT2D eigenvalue weighted by molar-refractivity contribution is -0.0977. The van der Waals surface area contributed by atoms with E-state index in [9.17, 15) is 19.2 Å². The minimum Gasteiger partial charge on any atom is -0.471 e. The van der Waals surface area contributed by atoms with Gasteiger partial charge in [-0.1, -0.05) is 72.8 Å². The summed E-state index contributed by atoms with van der Waals surface area (Å²) in [6.07, 6.45) is -6.75. The molecule has 0 aliphatic carbocycles. The second kappa shape index (κ2) is 17.0. The molecule has 1 aliphatic heterocycles. The van der Waals surface area contributed by atoms with E-state index in [0.29, 0.717) is 0 Å². The molecule has 1 N–H and O–H groups in total. The minimum atomic E-state index is -1.41. The molecule has 1 heterocycles. The normalized spacial score (nSPS) is 18.7. The number of ether oxygens (including phenoxy) is 6. The predicted molar refractivity (Wildman–Crippen MR) is 180 cm³/mol. The van der Waals surface area contributed by atoms with Crippen LogP contribution in [0.25, 0.3) is 0 Å². The Balaban J connectivity index is 1.52. The van der Waals surface area contributed by atoms with Crippen LogP contribution in [0.5, 0.6) is 0 Å². The standard InChI is InChI=1S/C37H33NO10S/c1-2-43-37(49)38-32-31(48-36(42)27-21-13-6-14-22-27)30(47-35(41)26-19-11-5-12-20-26)29(46-32)28(45-34(40)25-17-9-4-10-18-25)23-44-33(39)24-15-7-3-8-16-24/h3-22,28-32H,2,23H2,1H3,(H,38,49)/t28-,29+,30+,31-,32-/m1/s1. The molecule has 49 heavy (non-hydrogen) atoms. The largest absolute Gasteiger partial charge is 0.471 e. The van der Waals surface area contributed by atoms with E-state index in [0.717, 1.165) is 0 Å². The van der Waals surface area contributed by atoms with Gasteiger partial charge >= 0.3 is 23.9 Å². The summed E-state index contributed by atoms with van der Waals surface area (Å²) in [6, 6.07) is 32.7. The molecule has 0 radical (unpaired) electrons. The number of benzene rings is 4. The van der Waals surface area contributed by atoms with Gasteiger partial charge in [0, 0.05) is 0 Å². The Kier molecular flexibility index (Phi) is 12.0. The Morgan fingerprint density at radius 2 is 1.06 bits per heavy atom. The third-order valence-corrected chi connectivity index (χ3v) is 7.55. The Morgan fingerprint density at radius 3 is 1.53 bits per heavy atom. The van der Waals surface area contributed by atoms with E-state index >= 15 is 0 Å². The van der Waals surface area contributed by atoms with Crippen LogP contribution >= 0.6 is 12.2 Å². The smallest absolute Gasteiger partial charge is 0.338 e. The van der Waals surface area contributed by atoms with Crippen LogP contribution in [0.1, 0.15) is 48.4 Å². The van der Waals surface area contributed by atoms with Crippen molar-refractivity contribution in [1.29, 1.82) is 0 Å². The zero-order valence-corrected chi connectivity index (χ0v) is 27.2. The molecule has 0 bridgehead atoms. The summed E-state index contributed by atoms with van der Waals surface area (Å²) in [6.45, 7) is 1.43. The van der Waals surface area contributed by atoms with Gasteiger partial charge in [0.15, 0.2) is 24.5 Å². The molecule has 5 atom stereocenters. The topological polar surface area (TPSA) is 136 Å². The van der Waals surface area contributed by atoms with Gasteiger partial charge in [-0.25, -0.2) is 19.2 Å². The molecular weight excluding hydrogens is 650 g/mol. The number of rotatable bonds is 12. The van der Waals surface area contributed by atoms with Crippen LogP contribution < -0.4 is 5.32 Å². The average Bonchev–Trinajstić information content (AvgIpc) is 3.46. The Hall–Kier alpha value is -5.59. The van der Waals surface area contributed by atoms with E-state index in [4.69, 9.17) is 40.6 Å². The van der Waals surface area contributed by atoms with Crippen LogP contribution in [0.2, 0.25) is 0 Å². The van der Waals surface area contributed by atoms with Crippen molar-refractivity contribution in [1.82, 2.24) is 5.32 Å². The van der Waals surface area contributed by atoms with E-state index in [1.807, 2.05) is 0 Å². The van der Waals surface area contributed by atoms with Crippen LogP contribution in [0, 0.1) is 0 Å². The van der Waals surface area contributed by atoms with E-state index in [1.165, 1.54) is 0 Å². The van der Waals surface area contributed by atoms with Crippen molar-refractivity contribution in [3.63, 3.8) is 0 Å². The molecule has 5 rings (SSSR count). The minimum absolute atomic E-state index is 0.0876. The maximum atomic E-state index is 13.5. The lowest BCUT2D eigenvalue weighted by Crippen LogP contribution is -2.49. The summed E-state index contributed by atoms with van der Waals surface area (Å²) in [5.41, 5.74) is 0.876. The van der Waals surface area contributed by atoms with Crippen LogP contribution in [-0.2, 0) is 28.4 Å². The molecule has 4 aromatic rings. The van der Waals surface area contributed by atoms with Gasteiger partial charge in [-0.3, -0.25) is 0 Å². The van der Waals surface area contributed by atoms with E-state index < -0.39 is 61.1 Å². The lowest BCUT2D eigenvalue weighted by Gasteiger charge is -2.28. The third-order valence-electron chi connectivity index (χ3n) is 7.31. The highest BCUT2D eigenvalue weighted by molar-refractivity contribution is 7.80. The number of hydrogen-bond donors (Lipinski definition) is 1. The van der Waals surface area contributed by atoms with Crippen molar-refractivity contribution in [2.75, 3.05) is 13.2 Å². The summed E-state index contributed by atoms with van der Waals surface area (Å²) >= 11 is 5.31. The van der Waals surface area contributed by atoms with Gasteiger partial charge in [0.2, 0.25) is 0 Å². The fourth-order valence-electron chi connectivity index (χ4n) is 4.97. The van der Waals surface area contributed by atoms with Crippen molar-refractivity contribution in [2.45, 2.75) is 37.6 Å². The van der Waals surface area contributed by atoms with Crippen LogP contribution in [0.3, 0.4) is 0 Å². The summed E-state index contributed by atoms with van der Waals surface area (Å²) < 4.78 is 35.2. The van der Waals surface area contributed by atoms with E-state index in [-0.39, 0.29) is 34.0 Å². The summed E-state index contributed by atoms with van der Waals surface area (Å²) in [7, 11) is 0. The number of esters is 4. The Bertz CT molecular complexity index is 1720. The van der Waals surface area contributed by atoms with Crippen molar-refractivity contribution < 1.29 is 47.6 Å². The second-order valence-corrected chi connectivity index (χ2v) is 11.0.